The van der Waals surface area contributed by atoms with Crippen LogP contribution in [-0.2, 0) is 14.3 Å². The molecule has 1 saturated heterocycles. The molecule has 24 heavy (non-hydrogen) atoms. The summed E-state index contributed by atoms with van der Waals surface area (Å²) in [6.45, 7) is 5.56. The molecule has 6 nitrogen and oxygen atoms in total. The minimum Gasteiger partial charge on any atom is -0.463 e. The van der Waals surface area contributed by atoms with Crippen molar-refractivity contribution in [3.05, 3.63) is 35.9 Å². The van der Waals surface area contributed by atoms with Crippen LogP contribution < -0.4 is 5.32 Å². The molecule has 5 atom stereocenters. The summed E-state index contributed by atoms with van der Waals surface area (Å²) in [7, 11) is 0. The second kappa shape index (κ2) is 8.37. The summed E-state index contributed by atoms with van der Waals surface area (Å²) in [4.78, 5) is 23.1. The molecule has 0 amide bonds. The summed E-state index contributed by atoms with van der Waals surface area (Å²) in [5.41, 5.74) is 0.629. The van der Waals surface area contributed by atoms with Crippen molar-refractivity contribution in [1.29, 1.82) is 0 Å². The van der Waals surface area contributed by atoms with Crippen molar-refractivity contribution in [3.63, 3.8) is 0 Å². The average Bonchev–Trinajstić information content (AvgIpc) is 2.57. The minimum atomic E-state index is -1.06. The molecule has 1 fully saturated rings. The number of aliphatic hydroxyl groups excluding tert-OH is 1. The summed E-state index contributed by atoms with van der Waals surface area (Å²) in [6, 6.07) is 8.65. The van der Waals surface area contributed by atoms with Gasteiger partial charge < -0.3 is 19.9 Å². The number of hydrogen-bond acceptors (Lipinski definition) is 6. The topological polar surface area (TPSA) is 84.9 Å². The summed E-state index contributed by atoms with van der Waals surface area (Å²) < 4.78 is 10.6. The van der Waals surface area contributed by atoms with Crippen molar-refractivity contribution in [2.75, 3.05) is 13.2 Å². The van der Waals surface area contributed by atoms with Gasteiger partial charge in [-0.2, -0.15) is 0 Å². The van der Waals surface area contributed by atoms with Gasteiger partial charge in [-0.25, -0.2) is 0 Å². The number of carbonyl (C=O) groups excluding carboxylic acids is 2. The molecule has 1 aromatic carbocycles. The molecule has 0 bridgehead atoms. The van der Waals surface area contributed by atoms with Crippen LogP contribution in [0.15, 0.2) is 30.3 Å². The maximum Gasteiger partial charge on any atom is 0.302 e. The molecule has 3 unspecified atom stereocenters. The van der Waals surface area contributed by atoms with E-state index in [2.05, 4.69) is 5.32 Å². The van der Waals surface area contributed by atoms with Gasteiger partial charge in [0, 0.05) is 12.5 Å². The quantitative estimate of drug-likeness (QED) is 0.603. The van der Waals surface area contributed by atoms with Gasteiger partial charge in [-0.05, 0) is 11.8 Å². The lowest BCUT2D eigenvalue weighted by atomic mass is 9.82. The van der Waals surface area contributed by atoms with Crippen LogP contribution in [0.3, 0.4) is 0 Å². The Morgan fingerprint density at radius 2 is 1.88 bits per heavy atom. The molecular weight excluding hydrogens is 310 g/mol. The summed E-state index contributed by atoms with van der Waals surface area (Å²) in [5.74, 6) is -0.290. The standard InChI is InChI=1S/C18H25NO5/c1-11-12(2)17(18(22)24-16(11)10-23-13(3)20)19-9-15(21)14-7-5-4-6-8-14/h4-8,11-12,16-19,22H,9-10H2,1-3H3/t11-,12-,16?,17?,18?/m0/s1. The SMILES string of the molecule is CC(=O)OCC1OC(O)C(NCC(=O)c2ccccc2)[C@@H](C)[C@@H]1C. The monoisotopic (exact) mass is 335 g/mol. The van der Waals surface area contributed by atoms with Crippen molar-refractivity contribution in [2.24, 2.45) is 11.8 Å². The van der Waals surface area contributed by atoms with Crippen molar-refractivity contribution in [3.8, 4) is 0 Å². The van der Waals surface area contributed by atoms with E-state index in [1.54, 1.807) is 12.1 Å². The van der Waals surface area contributed by atoms with E-state index in [0.29, 0.717) is 5.56 Å². The number of ketones is 1. The third-order valence-corrected chi connectivity index (χ3v) is 4.65. The van der Waals surface area contributed by atoms with Crippen LogP contribution in [0.1, 0.15) is 31.1 Å². The maximum atomic E-state index is 12.2. The fourth-order valence-electron chi connectivity index (χ4n) is 2.93. The molecule has 1 aliphatic rings. The summed E-state index contributed by atoms with van der Waals surface area (Å²) in [6.07, 6.45) is -1.41. The molecule has 1 aromatic rings. The highest BCUT2D eigenvalue weighted by atomic mass is 16.6. The normalized spacial score (nSPS) is 29.9. The average molecular weight is 335 g/mol. The second-order valence-electron chi connectivity index (χ2n) is 6.28. The lowest BCUT2D eigenvalue weighted by Gasteiger charge is -2.42. The van der Waals surface area contributed by atoms with Crippen molar-refractivity contribution < 1.29 is 24.2 Å². The number of Topliss-reactive ketones (excluding diaryl/α,β-unsaturated/α-hetero) is 1. The van der Waals surface area contributed by atoms with E-state index in [9.17, 15) is 14.7 Å². The van der Waals surface area contributed by atoms with Crippen LogP contribution in [0, 0.1) is 11.8 Å². The van der Waals surface area contributed by atoms with Gasteiger partial charge in [0.25, 0.3) is 0 Å². The van der Waals surface area contributed by atoms with E-state index in [-0.39, 0.29) is 48.9 Å². The number of ether oxygens (including phenoxy) is 2. The first-order valence-electron chi connectivity index (χ1n) is 8.18. The van der Waals surface area contributed by atoms with Gasteiger partial charge in [-0.3, -0.25) is 9.59 Å². The van der Waals surface area contributed by atoms with Gasteiger partial charge in [0.1, 0.15) is 6.61 Å². The van der Waals surface area contributed by atoms with Crippen LogP contribution in [0.2, 0.25) is 0 Å². The molecule has 2 rings (SSSR count). The maximum absolute atomic E-state index is 12.2. The lowest BCUT2D eigenvalue weighted by Crippen LogP contribution is -2.57. The Morgan fingerprint density at radius 1 is 1.21 bits per heavy atom. The number of carbonyl (C=O) groups is 2. The fraction of sp³-hybridized carbons (Fsp3) is 0.556. The predicted octanol–water partition coefficient (Wildman–Crippen LogP) is 1.38. The van der Waals surface area contributed by atoms with Crippen molar-refractivity contribution in [2.45, 2.75) is 39.2 Å². The Bertz CT molecular complexity index is 562. The Balaban J connectivity index is 1.92. The van der Waals surface area contributed by atoms with Crippen molar-refractivity contribution >= 4 is 11.8 Å². The first-order chi connectivity index (χ1) is 11.4. The smallest absolute Gasteiger partial charge is 0.302 e. The molecule has 0 aromatic heterocycles. The largest absolute Gasteiger partial charge is 0.463 e. The molecule has 132 valence electrons. The molecule has 0 radical (unpaired) electrons. The predicted molar refractivity (Wildman–Crippen MR) is 88.4 cm³/mol. The first-order valence-corrected chi connectivity index (χ1v) is 8.18. The van der Waals surface area contributed by atoms with Gasteiger partial charge >= 0.3 is 5.97 Å². The molecule has 1 heterocycles. The van der Waals surface area contributed by atoms with Crippen LogP contribution in [0.4, 0.5) is 0 Å². The lowest BCUT2D eigenvalue weighted by molar-refractivity contribution is -0.223. The number of nitrogens with one attached hydrogen (secondary N) is 1. The van der Waals surface area contributed by atoms with E-state index >= 15 is 0 Å². The molecule has 0 aliphatic carbocycles. The van der Waals surface area contributed by atoms with Crippen LogP contribution in [-0.4, -0.2) is 48.4 Å². The highest BCUT2D eigenvalue weighted by Gasteiger charge is 2.41. The van der Waals surface area contributed by atoms with Gasteiger partial charge in [0.15, 0.2) is 12.1 Å². The van der Waals surface area contributed by atoms with Crippen LogP contribution >= 0.6 is 0 Å². The van der Waals surface area contributed by atoms with E-state index in [0.717, 1.165) is 0 Å². The highest BCUT2D eigenvalue weighted by molar-refractivity contribution is 5.97. The second-order valence-corrected chi connectivity index (χ2v) is 6.28. The number of esters is 1. The number of benzene rings is 1. The Hall–Kier alpha value is -1.76. The zero-order valence-corrected chi connectivity index (χ0v) is 14.3. The summed E-state index contributed by atoms with van der Waals surface area (Å²) in [5, 5.41) is 13.3. The zero-order valence-electron chi connectivity index (χ0n) is 14.3. The van der Waals surface area contributed by atoms with Crippen LogP contribution in [0.25, 0.3) is 0 Å². The van der Waals surface area contributed by atoms with E-state index in [1.807, 2.05) is 32.0 Å². The summed E-state index contributed by atoms with van der Waals surface area (Å²) >= 11 is 0. The van der Waals surface area contributed by atoms with E-state index < -0.39 is 6.29 Å². The molecule has 2 N–H and O–H groups in total. The van der Waals surface area contributed by atoms with Crippen LogP contribution in [0.5, 0.6) is 0 Å². The zero-order chi connectivity index (χ0) is 17.7. The Labute approximate surface area is 142 Å². The highest BCUT2D eigenvalue weighted by Crippen LogP contribution is 2.30. The fourth-order valence-corrected chi connectivity index (χ4v) is 2.93. The molecule has 0 spiro atoms. The number of hydrogen-bond donors (Lipinski definition) is 2. The number of rotatable bonds is 6. The molecule has 1 aliphatic heterocycles. The Morgan fingerprint density at radius 3 is 2.50 bits per heavy atom. The van der Waals surface area contributed by atoms with E-state index in [1.165, 1.54) is 6.92 Å². The van der Waals surface area contributed by atoms with E-state index in [4.69, 9.17) is 9.47 Å². The van der Waals surface area contributed by atoms with Crippen molar-refractivity contribution in [1.82, 2.24) is 5.32 Å². The third kappa shape index (κ3) is 4.63. The Kier molecular flexibility index (Phi) is 6.48. The first kappa shape index (κ1) is 18.6. The number of aliphatic hydroxyl groups is 1. The molecule has 6 heteroatoms. The minimum absolute atomic E-state index is 0.0373. The third-order valence-electron chi connectivity index (χ3n) is 4.65. The van der Waals surface area contributed by atoms with Gasteiger partial charge in [-0.1, -0.05) is 44.2 Å². The molecular formula is C18H25NO5. The van der Waals surface area contributed by atoms with Gasteiger partial charge in [0.2, 0.25) is 0 Å². The van der Waals surface area contributed by atoms with Gasteiger partial charge in [0.05, 0.1) is 18.7 Å². The van der Waals surface area contributed by atoms with Gasteiger partial charge in [-0.15, -0.1) is 0 Å². The molecule has 0 saturated carbocycles.